The molecule has 5 nitrogen and oxygen atoms in total. The van der Waals surface area contributed by atoms with Gasteiger partial charge in [0.1, 0.15) is 12.4 Å². The Kier molecular flexibility index (Phi) is 4.78. The van der Waals surface area contributed by atoms with Crippen LogP contribution in [-0.4, -0.2) is 31.6 Å². The fraction of sp³-hybridized carbons (Fsp3) is 0.429. The molecule has 0 aromatic heterocycles. The van der Waals surface area contributed by atoms with Crippen LogP contribution >= 0.6 is 0 Å². The fourth-order valence-electron chi connectivity index (χ4n) is 1.50. The standard InChI is InChI=1S/C14H17NO4/c16-13(10-19-14(17)11-6-7-11)15-8-9-18-12-4-2-1-3-5-12/h1-5,11H,6-10H2,(H,15,16). The highest BCUT2D eigenvalue weighted by Gasteiger charge is 2.31. The number of benzene rings is 1. The second-order valence-electron chi connectivity index (χ2n) is 4.39. The molecule has 1 aliphatic rings. The SMILES string of the molecule is O=C(COC(=O)C1CC1)NCCOc1ccccc1. The summed E-state index contributed by atoms with van der Waals surface area (Å²) in [6.07, 6.45) is 1.76. The van der Waals surface area contributed by atoms with E-state index in [0.717, 1.165) is 18.6 Å². The summed E-state index contributed by atoms with van der Waals surface area (Å²) in [6.45, 7) is 0.557. The molecule has 102 valence electrons. The normalized spacial score (nSPS) is 13.7. The van der Waals surface area contributed by atoms with Crippen LogP contribution in [0.5, 0.6) is 5.75 Å². The van der Waals surface area contributed by atoms with E-state index in [1.165, 1.54) is 0 Å². The largest absolute Gasteiger partial charge is 0.492 e. The Morgan fingerprint density at radius 1 is 1.21 bits per heavy atom. The van der Waals surface area contributed by atoms with Crippen molar-refractivity contribution in [2.24, 2.45) is 5.92 Å². The Bertz CT molecular complexity index is 428. The van der Waals surface area contributed by atoms with Gasteiger partial charge in [0, 0.05) is 0 Å². The molecule has 0 saturated heterocycles. The van der Waals surface area contributed by atoms with Gasteiger partial charge in [-0.05, 0) is 25.0 Å². The smallest absolute Gasteiger partial charge is 0.309 e. The molecule has 1 N–H and O–H groups in total. The lowest BCUT2D eigenvalue weighted by Crippen LogP contribution is -2.32. The highest BCUT2D eigenvalue weighted by molar-refractivity contribution is 5.81. The number of carbonyl (C=O) groups excluding carboxylic acids is 2. The number of ether oxygens (including phenoxy) is 2. The van der Waals surface area contributed by atoms with Gasteiger partial charge in [-0.2, -0.15) is 0 Å². The average Bonchev–Trinajstić information content (AvgIpc) is 3.27. The van der Waals surface area contributed by atoms with Crippen molar-refractivity contribution in [2.45, 2.75) is 12.8 Å². The number of esters is 1. The Labute approximate surface area is 111 Å². The van der Waals surface area contributed by atoms with Crippen LogP contribution in [-0.2, 0) is 14.3 Å². The van der Waals surface area contributed by atoms with Crippen LogP contribution in [0.2, 0.25) is 0 Å². The second kappa shape index (κ2) is 6.78. The van der Waals surface area contributed by atoms with Crippen molar-refractivity contribution in [1.82, 2.24) is 5.32 Å². The molecule has 5 heteroatoms. The van der Waals surface area contributed by atoms with E-state index in [0.29, 0.717) is 13.2 Å². The van der Waals surface area contributed by atoms with Crippen molar-refractivity contribution in [2.75, 3.05) is 19.8 Å². The quantitative estimate of drug-likeness (QED) is 0.591. The van der Waals surface area contributed by atoms with Gasteiger partial charge in [0.15, 0.2) is 6.61 Å². The van der Waals surface area contributed by atoms with Crippen LogP contribution < -0.4 is 10.1 Å². The molecular formula is C14H17NO4. The minimum Gasteiger partial charge on any atom is -0.492 e. The van der Waals surface area contributed by atoms with Gasteiger partial charge >= 0.3 is 5.97 Å². The summed E-state index contributed by atoms with van der Waals surface area (Å²) in [5.41, 5.74) is 0. The van der Waals surface area contributed by atoms with Crippen LogP contribution in [0, 0.1) is 5.92 Å². The Morgan fingerprint density at radius 2 is 1.95 bits per heavy atom. The maximum atomic E-state index is 11.4. The molecule has 1 fully saturated rings. The third kappa shape index (κ3) is 4.99. The Balaban J connectivity index is 1.52. The third-order valence-corrected chi connectivity index (χ3v) is 2.69. The van der Waals surface area contributed by atoms with Gasteiger partial charge < -0.3 is 14.8 Å². The molecule has 0 aliphatic heterocycles. The van der Waals surface area contributed by atoms with Crippen molar-refractivity contribution in [1.29, 1.82) is 0 Å². The number of amides is 1. The van der Waals surface area contributed by atoms with Gasteiger partial charge in [-0.3, -0.25) is 9.59 Å². The predicted octanol–water partition coefficient (Wildman–Crippen LogP) is 1.13. The zero-order valence-electron chi connectivity index (χ0n) is 10.6. The van der Waals surface area contributed by atoms with Crippen LogP contribution in [0.4, 0.5) is 0 Å². The van der Waals surface area contributed by atoms with E-state index in [1.807, 2.05) is 30.3 Å². The molecule has 0 atom stereocenters. The summed E-state index contributed by atoms with van der Waals surface area (Å²) in [6, 6.07) is 9.36. The number of hydrogen-bond acceptors (Lipinski definition) is 4. The average molecular weight is 263 g/mol. The molecule has 1 amide bonds. The molecule has 1 aliphatic carbocycles. The van der Waals surface area contributed by atoms with Gasteiger partial charge in [0.05, 0.1) is 12.5 Å². The molecule has 0 heterocycles. The highest BCUT2D eigenvalue weighted by atomic mass is 16.5. The van der Waals surface area contributed by atoms with Crippen LogP contribution in [0.3, 0.4) is 0 Å². The Morgan fingerprint density at radius 3 is 2.63 bits per heavy atom. The van der Waals surface area contributed by atoms with Crippen LogP contribution in [0.1, 0.15) is 12.8 Å². The third-order valence-electron chi connectivity index (χ3n) is 2.69. The van der Waals surface area contributed by atoms with E-state index < -0.39 is 0 Å². The lowest BCUT2D eigenvalue weighted by Gasteiger charge is -2.08. The second-order valence-corrected chi connectivity index (χ2v) is 4.39. The summed E-state index contributed by atoms with van der Waals surface area (Å²) in [4.78, 5) is 22.6. The predicted molar refractivity (Wildman–Crippen MR) is 68.6 cm³/mol. The van der Waals surface area contributed by atoms with E-state index in [1.54, 1.807) is 0 Å². The molecular weight excluding hydrogens is 246 g/mol. The van der Waals surface area contributed by atoms with E-state index in [4.69, 9.17) is 9.47 Å². The van der Waals surface area contributed by atoms with Crippen LogP contribution in [0.25, 0.3) is 0 Å². The molecule has 0 radical (unpaired) electrons. The monoisotopic (exact) mass is 263 g/mol. The number of hydrogen-bond donors (Lipinski definition) is 1. The summed E-state index contributed by atoms with van der Waals surface area (Å²) in [7, 11) is 0. The van der Waals surface area contributed by atoms with Crippen molar-refractivity contribution in [3.63, 3.8) is 0 Å². The first kappa shape index (κ1) is 13.4. The van der Waals surface area contributed by atoms with Crippen molar-refractivity contribution in [3.05, 3.63) is 30.3 Å². The minimum absolute atomic E-state index is 0.0224. The highest BCUT2D eigenvalue weighted by Crippen LogP contribution is 2.29. The molecule has 2 rings (SSSR count). The van der Waals surface area contributed by atoms with Gasteiger partial charge in [-0.15, -0.1) is 0 Å². The van der Waals surface area contributed by atoms with Gasteiger partial charge in [-0.25, -0.2) is 0 Å². The molecule has 0 spiro atoms. The van der Waals surface area contributed by atoms with E-state index in [-0.39, 0.29) is 24.4 Å². The summed E-state index contributed by atoms with van der Waals surface area (Å²) in [5.74, 6) is 0.215. The maximum Gasteiger partial charge on any atom is 0.309 e. The lowest BCUT2D eigenvalue weighted by atomic mass is 10.3. The first-order valence-corrected chi connectivity index (χ1v) is 6.37. The molecule has 1 aromatic rings. The van der Waals surface area contributed by atoms with Crippen molar-refractivity contribution < 1.29 is 19.1 Å². The molecule has 19 heavy (non-hydrogen) atoms. The molecule has 1 saturated carbocycles. The number of nitrogens with one attached hydrogen (secondary N) is 1. The van der Waals surface area contributed by atoms with Gasteiger partial charge in [0.2, 0.25) is 0 Å². The van der Waals surface area contributed by atoms with Crippen LogP contribution in [0.15, 0.2) is 30.3 Å². The molecule has 1 aromatic carbocycles. The van der Waals surface area contributed by atoms with Crippen molar-refractivity contribution in [3.8, 4) is 5.75 Å². The summed E-state index contributed by atoms with van der Waals surface area (Å²) in [5, 5.41) is 2.63. The van der Waals surface area contributed by atoms with E-state index in [9.17, 15) is 9.59 Å². The zero-order valence-corrected chi connectivity index (χ0v) is 10.6. The van der Waals surface area contributed by atoms with Gasteiger partial charge in [0.25, 0.3) is 5.91 Å². The van der Waals surface area contributed by atoms with Gasteiger partial charge in [-0.1, -0.05) is 18.2 Å². The lowest BCUT2D eigenvalue weighted by molar-refractivity contribution is -0.149. The Hall–Kier alpha value is -2.04. The summed E-state index contributed by atoms with van der Waals surface area (Å²) < 4.78 is 10.3. The fourth-order valence-corrected chi connectivity index (χ4v) is 1.50. The van der Waals surface area contributed by atoms with E-state index >= 15 is 0 Å². The summed E-state index contributed by atoms with van der Waals surface area (Å²) >= 11 is 0. The van der Waals surface area contributed by atoms with E-state index in [2.05, 4.69) is 5.32 Å². The first-order chi connectivity index (χ1) is 9.25. The minimum atomic E-state index is -0.300. The van der Waals surface area contributed by atoms with Crippen molar-refractivity contribution >= 4 is 11.9 Å². The number of rotatable bonds is 7. The zero-order chi connectivity index (χ0) is 13.5. The number of carbonyl (C=O) groups is 2. The number of para-hydroxylation sites is 1. The topological polar surface area (TPSA) is 64.6 Å². The maximum absolute atomic E-state index is 11.4. The molecule has 0 unspecified atom stereocenters. The molecule has 0 bridgehead atoms. The first-order valence-electron chi connectivity index (χ1n) is 6.37.